The average Bonchev–Trinajstić information content (AvgIpc) is 2.98. The minimum atomic E-state index is -3.30. The highest BCUT2D eigenvalue weighted by atomic mass is 32.2. The summed E-state index contributed by atoms with van der Waals surface area (Å²) in [4.78, 5) is 27.8. The molecule has 8 heteroatoms. The fourth-order valence-corrected chi connectivity index (χ4v) is 4.66. The summed E-state index contributed by atoms with van der Waals surface area (Å²) < 4.78 is 26.6. The van der Waals surface area contributed by atoms with Gasteiger partial charge in [0.05, 0.1) is 16.7 Å². The molecule has 4 rings (SSSR count). The summed E-state index contributed by atoms with van der Waals surface area (Å²) in [5, 5.41) is 0.395. The van der Waals surface area contributed by atoms with E-state index < -0.39 is 27.3 Å². The van der Waals surface area contributed by atoms with Crippen molar-refractivity contribution in [3.05, 3.63) is 69.4 Å². The van der Waals surface area contributed by atoms with E-state index in [2.05, 4.69) is 9.71 Å². The molecule has 1 saturated heterocycles. The zero-order valence-electron chi connectivity index (χ0n) is 13.8. The smallest absolute Gasteiger partial charge is 0.307 e. The van der Waals surface area contributed by atoms with Crippen molar-refractivity contribution in [2.45, 2.75) is 19.0 Å². The number of hydrogen-bond donors (Lipinski definition) is 2. The molecule has 2 heterocycles. The third-order valence-electron chi connectivity index (χ3n) is 4.57. The Hall–Kier alpha value is -2.71. The molecule has 0 aliphatic carbocycles. The number of sulfonamides is 1. The molecule has 1 aliphatic heterocycles. The lowest BCUT2D eigenvalue weighted by Gasteiger charge is -2.12. The van der Waals surface area contributed by atoms with E-state index in [1.54, 1.807) is 12.1 Å². The van der Waals surface area contributed by atoms with E-state index in [1.165, 1.54) is 0 Å². The van der Waals surface area contributed by atoms with Gasteiger partial charge in [-0.3, -0.25) is 9.36 Å². The zero-order chi connectivity index (χ0) is 18.3. The summed E-state index contributed by atoms with van der Waals surface area (Å²) in [7, 11) is -3.30. The van der Waals surface area contributed by atoms with Crippen LogP contribution in [0.2, 0.25) is 0 Å². The predicted molar refractivity (Wildman–Crippen MR) is 99.6 cm³/mol. The minimum Gasteiger partial charge on any atom is -0.307 e. The fraction of sp³-hybridized carbons (Fsp3) is 0.222. The number of nitrogens with zero attached hydrogens (tertiary/aromatic N) is 1. The quantitative estimate of drug-likeness (QED) is 0.718. The molecule has 2 aromatic carbocycles. The molecule has 0 amide bonds. The van der Waals surface area contributed by atoms with Crippen LogP contribution >= 0.6 is 0 Å². The van der Waals surface area contributed by atoms with Gasteiger partial charge in [-0.05, 0) is 29.7 Å². The van der Waals surface area contributed by atoms with E-state index in [0.29, 0.717) is 17.3 Å². The van der Waals surface area contributed by atoms with E-state index in [9.17, 15) is 18.0 Å². The number of H-pyrrole nitrogens is 1. The van der Waals surface area contributed by atoms with Crippen molar-refractivity contribution in [2.24, 2.45) is 0 Å². The van der Waals surface area contributed by atoms with Crippen molar-refractivity contribution in [1.82, 2.24) is 14.3 Å². The van der Waals surface area contributed by atoms with Gasteiger partial charge < -0.3 is 4.98 Å². The fourth-order valence-electron chi connectivity index (χ4n) is 3.24. The van der Waals surface area contributed by atoms with Gasteiger partial charge in [-0.1, -0.05) is 36.4 Å². The van der Waals surface area contributed by atoms with Crippen LogP contribution < -0.4 is 16.0 Å². The monoisotopic (exact) mass is 371 g/mol. The molecule has 0 bridgehead atoms. The Balaban J connectivity index is 1.79. The molecule has 1 atom stereocenters. The first-order valence-electron chi connectivity index (χ1n) is 8.25. The maximum absolute atomic E-state index is 12.8. The van der Waals surface area contributed by atoms with E-state index in [1.807, 2.05) is 36.4 Å². The highest BCUT2D eigenvalue weighted by Gasteiger charge is 2.27. The summed E-state index contributed by atoms with van der Waals surface area (Å²) in [6.45, 7) is 0.0128. The Labute approximate surface area is 149 Å². The molecule has 1 aliphatic rings. The molecule has 134 valence electrons. The average molecular weight is 371 g/mol. The Morgan fingerprint density at radius 1 is 1.04 bits per heavy atom. The van der Waals surface area contributed by atoms with Gasteiger partial charge in [0.15, 0.2) is 0 Å². The van der Waals surface area contributed by atoms with Gasteiger partial charge in [0, 0.05) is 12.6 Å². The van der Waals surface area contributed by atoms with Crippen molar-refractivity contribution in [3.8, 4) is 11.1 Å². The number of aromatic nitrogens is 2. The van der Waals surface area contributed by atoms with Crippen LogP contribution in [0.25, 0.3) is 22.0 Å². The van der Waals surface area contributed by atoms with E-state index in [-0.39, 0.29) is 12.3 Å². The van der Waals surface area contributed by atoms with Crippen LogP contribution in [0.5, 0.6) is 0 Å². The van der Waals surface area contributed by atoms with Crippen molar-refractivity contribution in [1.29, 1.82) is 0 Å². The third kappa shape index (κ3) is 3.09. The lowest BCUT2D eigenvalue weighted by Crippen LogP contribution is -2.41. The topological polar surface area (TPSA) is 101 Å². The summed E-state index contributed by atoms with van der Waals surface area (Å²) in [5.74, 6) is 0.00998. The molecule has 1 unspecified atom stereocenters. The Kier molecular flexibility index (Phi) is 4.01. The van der Waals surface area contributed by atoms with Crippen LogP contribution in [0.15, 0.2) is 58.1 Å². The first-order valence-corrected chi connectivity index (χ1v) is 9.90. The van der Waals surface area contributed by atoms with Crippen LogP contribution in [0, 0.1) is 0 Å². The number of rotatable bonds is 3. The van der Waals surface area contributed by atoms with E-state index in [0.717, 1.165) is 15.7 Å². The van der Waals surface area contributed by atoms with Gasteiger partial charge in [-0.15, -0.1) is 0 Å². The molecule has 26 heavy (non-hydrogen) atoms. The Morgan fingerprint density at radius 3 is 2.50 bits per heavy atom. The van der Waals surface area contributed by atoms with Crippen LogP contribution in [0.4, 0.5) is 0 Å². The molecule has 1 fully saturated rings. The Bertz CT molecular complexity index is 1200. The van der Waals surface area contributed by atoms with Gasteiger partial charge in [0.25, 0.3) is 5.56 Å². The number of aromatic amines is 1. The summed E-state index contributed by atoms with van der Waals surface area (Å²) in [6, 6.07) is 14.5. The summed E-state index contributed by atoms with van der Waals surface area (Å²) in [5.41, 5.74) is 1.34. The van der Waals surface area contributed by atoms with Crippen LogP contribution in [0.1, 0.15) is 6.42 Å². The maximum Gasteiger partial charge on any atom is 0.328 e. The molecule has 0 radical (unpaired) electrons. The van der Waals surface area contributed by atoms with Gasteiger partial charge in [0.2, 0.25) is 10.0 Å². The SMILES string of the molecule is O=c1[nH]c2ccc(-c3ccccc3)cc2c(=O)n1CC1CCS(=O)(=O)N1. The van der Waals surface area contributed by atoms with Crippen LogP contribution in [-0.2, 0) is 16.6 Å². The van der Waals surface area contributed by atoms with Crippen LogP contribution in [0.3, 0.4) is 0 Å². The molecule has 0 spiro atoms. The summed E-state index contributed by atoms with van der Waals surface area (Å²) >= 11 is 0. The number of fused-ring (bicyclic) bond motifs is 1. The molecule has 2 N–H and O–H groups in total. The Morgan fingerprint density at radius 2 is 1.81 bits per heavy atom. The van der Waals surface area contributed by atoms with Crippen LogP contribution in [-0.4, -0.2) is 29.8 Å². The second-order valence-corrected chi connectivity index (χ2v) is 8.27. The first-order chi connectivity index (χ1) is 12.4. The number of benzene rings is 2. The molecule has 0 saturated carbocycles. The second-order valence-electron chi connectivity index (χ2n) is 6.39. The first kappa shape index (κ1) is 16.7. The lowest BCUT2D eigenvalue weighted by atomic mass is 10.0. The number of nitrogens with one attached hydrogen (secondary N) is 2. The molecule has 7 nitrogen and oxygen atoms in total. The molecular formula is C18H17N3O4S. The maximum atomic E-state index is 12.8. The van der Waals surface area contributed by atoms with Crippen molar-refractivity contribution < 1.29 is 8.42 Å². The van der Waals surface area contributed by atoms with Gasteiger partial charge in [-0.2, -0.15) is 0 Å². The molecule has 1 aromatic heterocycles. The second kappa shape index (κ2) is 6.22. The lowest BCUT2D eigenvalue weighted by molar-refractivity contribution is 0.499. The third-order valence-corrected chi connectivity index (χ3v) is 6.04. The van der Waals surface area contributed by atoms with Gasteiger partial charge in [-0.25, -0.2) is 17.9 Å². The van der Waals surface area contributed by atoms with Gasteiger partial charge >= 0.3 is 5.69 Å². The summed E-state index contributed by atoms with van der Waals surface area (Å²) in [6.07, 6.45) is 0.371. The largest absolute Gasteiger partial charge is 0.328 e. The van der Waals surface area contributed by atoms with Crippen molar-refractivity contribution in [3.63, 3.8) is 0 Å². The number of hydrogen-bond acceptors (Lipinski definition) is 4. The minimum absolute atomic E-state index is 0.00998. The van der Waals surface area contributed by atoms with Crippen molar-refractivity contribution in [2.75, 3.05) is 5.75 Å². The van der Waals surface area contributed by atoms with E-state index >= 15 is 0 Å². The normalized spacial score (nSPS) is 19.0. The predicted octanol–water partition coefficient (Wildman–Crippen LogP) is 1.05. The van der Waals surface area contributed by atoms with Gasteiger partial charge in [0.1, 0.15) is 0 Å². The molecular weight excluding hydrogens is 354 g/mol. The molecule has 3 aromatic rings. The highest BCUT2D eigenvalue weighted by Crippen LogP contribution is 2.21. The van der Waals surface area contributed by atoms with Crippen molar-refractivity contribution >= 4 is 20.9 Å². The zero-order valence-corrected chi connectivity index (χ0v) is 14.6. The highest BCUT2D eigenvalue weighted by molar-refractivity contribution is 7.89. The standard InChI is InChI=1S/C18H17N3O4S/c22-17-15-10-13(12-4-2-1-3-5-12)6-7-16(15)19-18(23)21(17)11-14-8-9-26(24,25)20-14/h1-7,10,14,20H,8-9,11H2,(H,19,23). The van der Waals surface area contributed by atoms with E-state index in [4.69, 9.17) is 0 Å².